The Morgan fingerprint density at radius 3 is 2.35 bits per heavy atom. The molecule has 0 radical (unpaired) electrons. The molecule has 5 nitrogen and oxygen atoms in total. The van der Waals surface area contributed by atoms with Crippen LogP contribution in [0.5, 0.6) is 17.2 Å². The quantitative estimate of drug-likeness (QED) is 0.837. The molecule has 0 bridgehead atoms. The molecular formula is C15H16N2O3. The van der Waals surface area contributed by atoms with Crippen LogP contribution in [0, 0.1) is 6.92 Å². The van der Waals surface area contributed by atoms with E-state index in [4.69, 9.17) is 20.9 Å². The third-order valence-electron chi connectivity index (χ3n) is 2.83. The van der Waals surface area contributed by atoms with E-state index in [0.29, 0.717) is 28.5 Å². The average molecular weight is 272 g/mol. The van der Waals surface area contributed by atoms with E-state index < -0.39 is 5.91 Å². The summed E-state index contributed by atoms with van der Waals surface area (Å²) in [5, 5.41) is 0. The van der Waals surface area contributed by atoms with Crippen molar-refractivity contribution in [1.29, 1.82) is 0 Å². The number of carbonyl (C=O) groups excluding carboxylic acids is 1. The van der Waals surface area contributed by atoms with Gasteiger partial charge >= 0.3 is 0 Å². The van der Waals surface area contributed by atoms with E-state index in [0.717, 1.165) is 5.56 Å². The second-order valence-electron chi connectivity index (χ2n) is 4.37. The maximum atomic E-state index is 11.1. The van der Waals surface area contributed by atoms with Gasteiger partial charge in [-0.15, -0.1) is 0 Å². The number of primary amides is 1. The minimum absolute atomic E-state index is 0.337. The number of nitrogens with two attached hydrogens (primary N) is 2. The Balaban J connectivity index is 2.33. The van der Waals surface area contributed by atoms with E-state index in [-0.39, 0.29) is 0 Å². The largest absolute Gasteiger partial charge is 0.493 e. The fraction of sp³-hybridized carbons (Fsp3) is 0.133. The molecule has 4 N–H and O–H groups in total. The van der Waals surface area contributed by atoms with Crippen LogP contribution in [-0.2, 0) is 0 Å². The monoisotopic (exact) mass is 272 g/mol. The number of ether oxygens (including phenoxy) is 2. The molecule has 0 aliphatic heterocycles. The summed E-state index contributed by atoms with van der Waals surface area (Å²) in [6, 6.07) is 10.2. The molecule has 0 spiro atoms. The van der Waals surface area contributed by atoms with E-state index in [1.165, 1.54) is 6.07 Å². The molecule has 2 rings (SSSR count). The van der Waals surface area contributed by atoms with Crippen LogP contribution in [0.3, 0.4) is 0 Å². The van der Waals surface area contributed by atoms with Crippen molar-refractivity contribution in [3.8, 4) is 17.2 Å². The Labute approximate surface area is 117 Å². The zero-order valence-corrected chi connectivity index (χ0v) is 11.3. The fourth-order valence-electron chi connectivity index (χ4n) is 1.77. The first-order valence-corrected chi connectivity index (χ1v) is 6.03. The molecule has 20 heavy (non-hydrogen) atoms. The number of benzene rings is 2. The number of hydrogen-bond donors (Lipinski definition) is 2. The first-order valence-electron chi connectivity index (χ1n) is 6.03. The molecule has 2 aromatic carbocycles. The third kappa shape index (κ3) is 2.83. The van der Waals surface area contributed by atoms with Crippen LogP contribution in [0.2, 0.25) is 0 Å². The molecule has 0 saturated heterocycles. The highest BCUT2D eigenvalue weighted by molar-refractivity contribution is 5.94. The van der Waals surface area contributed by atoms with Crippen molar-refractivity contribution in [2.24, 2.45) is 5.73 Å². The molecule has 0 aliphatic rings. The predicted molar refractivity (Wildman–Crippen MR) is 77.2 cm³/mol. The number of hydrogen-bond acceptors (Lipinski definition) is 4. The zero-order chi connectivity index (χ0) is 14.7. The van der Waals surface area contributed by atoms with Crippen molar-refractivity contribution in [2.45, 2.75) is 6.92 Å². The van der Waals surface area contributed by atoms with Crippen molar-refractivity contribution in [2.75, 3.05) is 12.8 Å². The Bertz CT molecular complexity index is 654. The number of carbonyl (C=O) groups is 1. The second kappa shape index (κ2) is 5.52. The van der Waals surface area contributed by atoms with Crippen LogP contribution in [0.4, 0.5) is 5.69 Å². The number of anilines is 1. The maximum absolute atomic E-state index is 11.1. The van der Waals surface area contributed by atoms with Gasteiger partial charge in [0.25, 0.3) is 0 Å². The van der Waals surface area contributed by atoms with Crippen LogP contribution in [0.25, 0.3) is 0 Å². The van der Waals surface area contributed by atoms with Gasteiger partial charge < -0.3 is 20.9 Å². The van der Waals surface area contributed by atoms with Crippen LogP contribution in [-0.4, -0.2) is 13.0 Å². The van der Waals surface area contributed by atoms with Gasteiger partial charge in [-0.3, -0.25) is 4.79 Å². The zero-order valence-electron chi connectivity index (χ0n) is 11.3. The Hall–Kier alpha value is -2.69. The summed E-state index contributed by atoms with van der Waals surface area (Å²) in [6.45, 7) is 1.96. The average Bonchev–Trinajstić information content (AvgIpc) is 2.42. The third-order valence-corrected chi connectivity index (χ3v) is 2.83. The second-order valence-corrected chi connectivity index (χ2v) is 4.37. The Morgan fingerprint density at radius 2 is 1.75 bits per heavy atom. The molecule has 5 heteroatoms. The lowest BCUT2D eigenvalue weighted by atomic mass is 10.2. The SMILES string of the molecule is COc1cc(C)ccc1Oc1ccc(C(N)=O)cc1N. The van der Waals surface area contributed by atoms with E-state index >= 15 is 0 Å². The number of methoxy groups -OCH3 is 1. The maximum Gasteiger partial charge on any atom is 0.248 e. The molecule has 0 aliphatic carbocycles. The molecule has 1 amide bonds. The van der Waals surface area contributed by atoms with Gasteiger partial charge in [0.1, 0.15) is 0 Å². The lowest BCUT2D eigenvalue weighted by Gasteiger charge is -2.12. The number of aryl methyl sites for hydroxylation is 1. The molecule has 104 valence electrons. The molecule has 0 fully saturated rings. The Kier molecular flexibility index (Phi) is 3.79. The van der Waals surface area contributed by atoms with E-state index in [2.05, 4.69) is 0 Å². The van der Waals surface area contributed by atoms with Gasteiger partial charge in [-0.1, -0.05) is 6.07 Å². The van der Waals surface area contributed by atoms with Crippen molar-refractivity contribution < 1.29 is 14.3 Å². The van der Waals surface area contributed by atoms with Gasteiger partial charge in [-0.05, 0) is 42.8 Å². The molecule has 0 heterocycles. The summed E-state index contributed by atoms with van der Waals surface area (Å²) >= 11 is 0. The predicted octanol–water partition coefficient (Wildman–Crippen LogP) is 2.48. The van der Waals surface area contributed by atoms with Crippen molar-refractivity contribution in [1.82, 2.24) is 0 Å². The molecular weight excluding hydrogens is 256 g/mol. The minimum atomic E-state index is -0.531. The summed E-state index contributed by atoms with van der Waals surface area (Å²) in [6.07, 6.45) is 0. The normalized spacial score (nSPS) is 10.1. The first kappa shape index (κ1) is 13.7. The highest BCUT2D eigenvalue weighted by Crippen LogP contribution is 2.34. The molecule has 2 aromatic rings. The summed E-state index contributed by atoms with van der Waals surface area (Å²) in [4.78, 5) is 11.1. The molecule has 0 saturated carbocycles. The highest BCUT2D eigenvalue weighted by atomic mass is 16.5. The van der Waals surface area contributed by atoms with Crippen molar-refractivity contribution in [3.63, 3.8) is 0 Å². The summed E-state index contributed by atoms with van der Waals surface area (Å²) in [5.41, 5.74) is 12.8. The lowest BCUT2D eigenvalue weighted by Crippen LogP contribution is -2.11. The molecule has 0 aromatic heterocycles. The standard InChI is InChI=1S/C15H16N2O3/c1-9-3-5-13(14(7-9)19-2)20-12-6-4-10(15(17)18)8-11(12)16/h3-8H,16H2,1-2H3,(H2,17,18). The smallest absolute Gasteiger partial charge is 0.248 e. The van der Waals surface area contributed by atoms with Crippen LogP contribution >= 0.6 is 0 Å². The number of amides is 1. The fourth-order valence-corrected chi connectivity index (χ4v) is 1.77. The number of nitrogen functional groups attached to an aromatic ring is 1. The van der Waals surface area contributed by atoms with E-state index in [1.807, 2.05) is 19.1 Å². The molecule has 0 unspecified atom stereocenters. The number of rotatable bonds is 4. The summed E-state index contributed by atoms with van der Waals surface area (Å²) in [7, 11) is 1.57. The lowest BCUT2D eigenvalue weighted by molar-refractivity contribution is 0.100. The van der Waals surface area contributed by atoms with Crippen LogP contribution < -0.4 is 20.9 Å². The first-order chi connectivity index (χ1) is 9.51. The van der Waals surface area contributed by atoms with Crippen molar-refractivity contribution >= 4 is 11.6 Å². The van der Waals surface area contributed by atoms with E-state index in [9.17, 15) is 4.79 Å². The van der Waals surface area contributed by atoms with E-state index in [1.54, 1.807) is 25.3 Å². The van der Waals surface area contributed by atoms with Gasteiger partial charge in [0.2, 0.25) is 5.91 Å². The van der Waals surface area contributed by atoms with Crippen LogP contribution in [0.1, 0.15) is 15.9 Å². The van der Waals surface area contributed by atoms with Crippen LogP contribution in [0.15, 0.2) is 36.4 Å². The van der Waals surface area contributed by atoms with Gasteiger partial charge in [-0.25, -0.2) is 0 Å². The van der Waals surface area contributed by atoms with Gasteiger partial charge in [-0.2, -0.15) is 0 Å². The topological polar surface area (TPSA) is 87.6 Å². The minimum Gasteiger partial charge on any atom is -0.493 e. The van der Waals surface area contributed by atoms with Crippen molar-refractivity contribution in [3.05, 3.63) is 47.5 Å². The molecule has 0 atom stereocenters. The summed E-state index contributed by atoms with van der Waals surface area (Å²) in [5.74, 6) is 1.08. The van der Waals surface area contributed by atoms with Gasteiger partial charge in [0, 0.05) is 5.56 Å². The van der Waals surface area contributed by atoms with Gasteiger partial charge in [0.15, 0.2) is 17.2 Å². The Morgan fingerprint density at radius 1 is 1.05 bits per heavy atom. The highest BCUT2D eigenvalue weighted by Gasteiger charge is 2.10. The van der Waals surface area contributed by atoms with Gasteiger partial charge in [0.05, 0.1) is 12.8 Å². The summed E-state index contributed by atoms with van der Waals surface area (Å²) < 4.78 is 11.0.